The van der Waals surface area contributed by atoms with Crippen LogP contribution in [0.4, 0.5) is 10.1 Å². The number of anilines is 1. The fourth-order valence-electron chi connectivity index (χ4n) is 2.56. The molecule has 3 rings (SSSR count). The Hall–Kier alpha value is -1.09. The monoisotopic (exact) mass is 248 g/mol. The molecule has 0 heterocycles. The normalized spacial score (nSPS) is 19.4. The Morgan fingerprint density at radius 1 is 1.06 bits per heavy atom. The van der Waals surface area contributed by atoms with E-state index >= 15 is 0 Å². The average molecular weight is 248 g/mol. The summed E-state index contributed by atoms with van der Waals surface area (Å²) in [4.78, 5) is 2.49. The Morgan fingerprint density at radius 3 is 2.17 bits per heavy atom. The van der Waals surface area contributed by atoms with E-state index in [0.717, 1.165) is 23.9 Å². The first-order valence-electron chi connectivity index (χ1n) is 6.96. The van der Waals surface area contributed by atoms with E-state index in [9.17, 15) is 4.39 Å². The zero-order valence-electron chi connectivity index (χ0n) is 10.7. The number of hydrogen-bond acceptors (Lipinski definition) is 2. The van der Waals surface area contributed by atoms with E-state index < -0.39 is 0 Å². The molecule has 98 valence electrons. The highest BCUT2D eigenvalue weighted by Crippen LogP contribution is 2.34. The van der Waals surface area contributed by atoms with Gasteiger partial charge in [0, 0.05) is 25.3 Å². The molecular weight excluding hydrogens is 227 g/mol. The fourth-order valence-corrected chi connectivity index (χ4v) is 2.56. The van der Waals surface area contributed by atoms with Crippen molar-refractivity contribution in [3.63, 3.8) is 0 Å². The van der Waals surface area contributed by atoms with Crippen molar-refractivity contribution in [3.8, 4) is 0 Å². The molecule has 3 heteroatoms. The second-order valence-corrected chi connectivity index (χ2v) is 5.97. The Bertz CT molecular complexity index is 390. The number of halogens is 1. The lowest BCUT2D eigenvalue weighted by Crippen LogP contribution is -2.27. The SMILES string of the molecule is Nc1cc(F)cc(CN(CC2CC2)CC2CC2)c1. The molecule has 0 atom stereocenters. The number of rotatable bonds is 6. The van der Waals surface area contributed by atoms with Crippen LogP contribution in [0.2, 0.25) is 0 Å². The van der Waals surface area contributed by atoms with Crippen LogP contribution in [0.1, 0.15) is 31.2 Å². The minimum Gasteiger partial charge on any atom is -0.399 e. The van der Waals surface area contributed by atoms with Crippen molar-refractivity contribution in [1.29, 1.82) is 0 Å². The van der Waals surface area contributed by atoms with Crippen LogP contribution < -0.4 is 5.73 Å². The molecule has 0 saturated heterocycles. The van der Waals surface area contributed by atoms with Gasteiger partial charge in [0.25, 0.3) is 0 Å². The minimum atomic E-state index is -0.220. The van der Waals surface area contributed by atoms with Crippen molar-refractivity contribution in [2.45, 2.75) is 32.2 Å². The summed E-state index contributed by atoms with van der Waals surface area (Å²) in [5, 5.41) is 0. The summed E-state index contributed by atoms with van der Waals surface area (Å²) in [6.45, 7) is 3.19. The van der Waals surface area contributed by atoms with Gasteiger partial charge in [-0.25, -0.2) is 4.39 Å². The predicted molar refractivity (Wildman–Crippen MR) is 71.5 cm³/mol. The summed E-state index contributed by atoms with van der Waals surface area (Å²) >= 11 is 0. The standard InChI is InChI=1S/C15H21FN2/c16-14-5-13(6-15(17)7-14)10-18(8-11-1-2-11)9-12-3-4-12/h5-7,11-12H,1-4,8-10,17H2. The molecule has 0 unspecified atom stereocenters. The Balaban J connectivity index is 1.65. The smallest absolute Gasteiger partial charge is 0.125 e. The van der Waals surface area contributed by atoms with Crippen LogP contribution in [0.25, 0.3) is 0 Å². The van der Waals surface area contributed by atoms with Crippen molar-refractivity contribution in [2.75, 3.05) is 18.8 Å². The van der Waals surface area contributed by atoms with Crippen molar-refractivity contribution in [2.24, 2.45) is 11.8 Å². The van der Waals surface area contributed by atoms with Crippen molar-refractivity contribution >= 4 is 5.69 Å². The van der Waals surface area contributed by atoms with E-state index in [1.54, 1.807) is 6.07 Å². The predicted octanol–water partition coefficient (Wildman–Crippen LogP) is 3.03. The summed E-state index contributed by atoms with van der Waals surface area (Å²) in [5.41, 5.74) is 7.24. The highest BCUT2D eigenvalue weighted by molar-refractivity contribution is 5.41. The Kier molecular flexibility index (Phi) is 3.25. The zero-order chi connectivity index (χ0) is 12.5. The molecule has 18 heavy (non-hydrogen) atoms. The molecule has 1 aromatic rings. The Labute approximate surface area is 108 Å². The third kappa shape index (κ3) is 3.45. The van der Waals surface area contributed by atoms with Gasteiger partial charge in [-0.3, -0.25) is 4.90 Å². The van der Waals surface area contributed by atoms with Gasteiger partial charge in [0.15, 0.2) is 0 Å². The molecule has 2 aliphatic carbocycles. The molecule has 0 aliphatic heterocycles. The average Bonchev–Trinajstić information content (AvgIpc) is 3.11. The molecule has 1 aromatic carbocycles. The van der Waals surface area contributed by atoms with Crippen LogP contribution in [0, 0.1) is 17.7 Å². The first kappa shape index (κ1) is 12.0. The lowest BCUT2D eigenvalue weighted by molar-refractivity contribution is 0.244. The molecule has 0 radical (unpaired) electrons. The maximum absolute atomic E-state index is 13.3. The summed E-state index contributed by atoms with van der Waals surface area (Å²) in [6, 6.07) is 4.90. The fraction of sp³-hybridized carbons (Fsp3) is 0.600. The first-order valence-corrected chi connectivity index (χ1v) is 6.96. The van der Waals surface area contributed by atoms with Crippen LogP contribution in [0.3, 0.4) is 0 Å². The lowest BCUT2D eigenvalue weighted by atomic mass is 10.1. The van der Waals surface area contributed by atoms with Gasteiger partial charge in [0.1, 0.15) is 5.82 Å². The van der Waals surface area contributed by atoms with Crippen molar-refractivity contribution < 1.29 is 4.39 Å². The van der Waals surface area contributed by atoms with Crippen LogP contribution in [-0.2, 0) is 6.54 Å². The molecule has 2 aliphatic rings. The summed E-state index contributed by atoms with van der Waals surface area (Å²) in [6.07, 6.45) is 5.47. The molecule has 0 amide bonds. The molecule has 0 aromatic heterocycles. The topological polar surface area (TPSA) is 29.3 Å². The molecule has 2 saturated carbocycles. The van der Waals surface area contributed by atoms with Crippen LogP contribution >= 0.6 is 0 Å². The summed E-state index contributed by atoms with van der Waals surface area (Å²) in [5.74, 6) is 1.55. The highest BCUT2D eigenvalue weighted by Gasteiger charge is 2.29. The van der Waals surface area contributed by atoms with Gasteiger partial charge in [-0.05, 0) is 61.3 Å². The van der Waals surface area contributed by atoms with Crippen molar-refractivity contribution in [3.05, 3.63) is 29.6 Å². The van der Waals surface area contributed by atoms with Gasteiger partial charge in [0.05, 0.1) is 0 Å². The van der Waals surface area contributed by atoms with Gasteiger partial charge in [-0.2, -0.15) is 0 Å². The molecular formula is C15H21FN2. The maximum Gasteiger partial charge on any atom is 0.125 e. The Morgan fingerprint density at radius 2 is 1.67 bits per heavy atom. The van der Waals surface area contributed by atoms with Gasteiger partial charge in [-0.15, -0.1) is 0 Å². The minimum absolute atomic E-state index is 0.220. The van der Waals surface area contributed by atoms with E-state index in [2.05, 4.69) is 4.90 Å². The number of benzene rings is 1. The molecule has 2 nitrogen and oxygen atoms in total. The summed E-state index contributed by atoms with van der Waals surface area (Å²) in [7, 11) is 0. The third-order valence-electron chi connectivity index (χ3n) is 3.81. The molecule has 0 spiro atoms. The number of nitrogens with two attached hydrogens (primary N) is 1. The second kappa shape index (κ2) is 4.88. The third-order valence-corrected chi connectivity index (χ3v) is 3.81. The van der Waals surface area contributed by atoms with Gasteiger partial charge < -0.3 is 5.73 Å². The van der Waals surface area contributed by atoms with Gasteiger partial charge in [0.2, 0.25) is 0 Å². The largest absolute Gasteiger partial charge is 0.399 e. The lowest BCUT2D eigenvalue weighted by Gasteiger charge is -2.22. The number of hydrogen-bond donors (Lipinski definition) is 1. The van der Waals surface area contributed by atoms with E-state index in [1.165, 1.54) is 44.8 Å². The zero-order valence-corrected chi connectivity index (χ0v) is 10.7. The molecule has 0 bridgehead atoms. The highest BCUT2D eigenvalue weighted by atomic mass is 19.1. The quantitative estimate of drug-likeness (QED) is 0.784. The number of nitrogen functional groups attached to an aromatic ring is 1. The van der Waals surface area contributed by atoms with E-state index in [1.807, 2.05) is 6.07 Å². The van der Waals surface area contributed by atoms with E-state index in [4.69, 9.17) is 5.73 Å². The molecule has 2 N–H and O–H groups in total. The van der Waals surface area contributed by atoms with E-state index in [-0.39, 0.29) is 5.82 Å². The molecule has 2 fully saturated rings. The maximum atomic E-state index is 13.3. The van der Waals surface area contributed by atoms with E-state index in [0.29, 0.717) is 5.69 Å². The summed E-state index contributed by atoms with van der Waals surface area (Å²) < 4.78 is 13.3. The second-order valence-electron chi connectivity index (χ2n) is 5.97. The van der Waals surface area contributed by atoms with Gasteiger partial charge in [-0.1, -0.05) is 0 Å². The van der Waals surface area contributed by atoms with Crippen molar-refractivity contribution in [1.82, 2.24) is 4.90 Å². The van der Waals surface area contributed by atoms with Crippen LogP contribution in [0.5, 0.6) is 0 Å². The number of nitrogens with zero attached hydrogens (tertiary/aromatic N) is 1. The van der Waals surface area contributed by atoms with Crippen LogP contribution in [0.15, 0.2) is 18.2 Å². The van der Waals surface area contributed by atoms with Crippen LogP contribution in [-0.4, -0.2) is 18.0 Å². The first-order chi connectivity index (χ1) is 8.69. The van der Waals surface area contributed by atoms with Gasteiger partial charge >= 0.3 is 0 Å².